The van der Waals surface area contributed by atoms with Crippen molar-refractivity contribution in [1.82, 2.24) is 34.4 Å². The summed E-state index contributed by atoms with van der Waals surface area (Å²) >= 11 is 1.59. The number of amides is 2. The van der Waals surface area contributed by atoms with Crippen molar-refractivity contribution in [3.05, 3.63) is 113 Å². The third-order valence-corrected chi connectivity index (χ3v) is 15.2. The van der Waals surface area contributed by atoms with Crippen LogP contribution >= 0.6 is 11.3 Å². The number of carbonyl (C=O) groups excluding carboxylic acids is 4. The largest absolute Gasteiger partial charge is 0.391 e. The van der Waals surface area contributed by atoms with Crippen LogP contribution in [0.3, 0.4) is 0 Å². The third-order valence-electron chi connectivity index (χ3n) is 14.3. The summed E-state index contributed by atoms with van der Waals surface area (Å²) in [7, 11) is 0. The minimum atomic E-state index is -0.814. The van der Waals surface area contributed by atoms with Gasteiger partial charge in [-0.1, -0.05) is 63.2 Å². The Morgan fingerprint density at radius 2 is 1.67 bits per heavy atom. The van der Waals surface area contributed by atoms with Gasteiger partial charge in [0.25, 0.3) is 0 Å². The SMILES string of the molecule is Cc1ncsc1-c1ccc(CCC(=O)[C@@H]2C[C@@H](O)CN2C(=O)[C@@H](CC(=O)CCCC(=O)N2CCN(c3cccc(-c4cnc5ccc(N6CCC[C@@H]6c6cccc(F)c6)nn45)n3)CC2)C(C)(C)C)cc1. The topological polar surface area (TPSA) is 157 Å². The van der Waals surface area contributed by atoms with Gasteiger partial charge in [-0.05, 0) is 91.1 Å². The number of pyridine rings is 1. The normalized spacial score (nSPS) is 19.0. The van der Waals surface area contributed by atoms with E-state index in [2.05, 4.69) is 19.8 Å². The molecule has 2 amide bonds. The average Bonchev–Trinajstić information content (AvgIpc) is 4.19. The molecule has 0 bridgehead atoms. The van der Waals surface area contributed by atoms with E-state index in [4.69, 9.17) is 10.1 Å². The minimum absolute atomic E-state index is 0.00212. The lowest BCUT2D eigenvalue weighted by atomic mass is 9.76. The molecule has 16 heteroatoms. The first-order valence-electron chi connectivity index (χ1n) is 24.6. The lowest BCUT2D eigenvalue weighted by molar-refractivity contribution is -0.146. The fraction of sp³-hybridized carbons (Fsp3) is 0.444. The molecule has 3 aliphatic heterocycles. The number of anilines is 2. The van der Waals surface area contributed by atoms with Crippen LogP contribution in [0.1, 0.15) is 95.0 Å². The number of ketones is 2. The molecular weight excluding hydrogens is 906 g/mol. The Hall–Kier alpha value is -6.39. The maximum Gasteiger partial charge on any atom is 0.227 e. The van der Waals surface area contributed by atoms with Crippen molar-refractivity contribution in [2.24, 2.45) is 11.3 Å². The van der Waals surface area contributed by atoms with Gasteiger partial charge < -0.3 is 24.7 Å². The molecule has 366 valence electrons. The van der Waals surface area contributed by atoms with Crippen LogP contribution in [-0.2, 0) is 25.6 Å². The van der Waals surface area contributed by atoms with Crippen LogP contribution in [0, 0.1) is 24.1 Å². The van der Waals surface area contributed by atoms with Gasteiger partial charge in [-0.2, -0.15) is 0 Å². The third kappa shape index (κ3) is 10.8. The highest BCUT2D eigenvalue weighted by Gasteiger charge is 2.44. The Morgan fingerprint density at radius 1 is 0.886 bits per heavy atom. The van der Waals surface area contributed by atoms with Crippen molar-refractivity contribution in [3.8, 4) is 21.8 Å². The van der Waals surface area contributed by atoms with E-state index in [9.17, 15) is 28.7 Å². The lowest BCUT2D eigenvalue weighted by Crippen LogP contribution is -2.49. The molecule has 0 radical (unpaired) electrons. The monoisotopic (exact) mass is 967 g/mol. The van der Waals surface area contributed by atoms with Crippen LogP contribution in [0.2, 0.25) is 0 Å². The molecule has 3 fully saturated rings. The second kappa shape index (κ2) is 20.9. The number of piperazine rings is 1. The number of β-amino-alcohol motifs (C(OH)–C–C–N with tert-alkyl or cyclic N) is 1. The average molecular weight is 968 g/mol. The molecular formula is C54H62FN9O5S. The smallest absolute Gasteiger partial charge is 0.227 e. The molecule has 6 aromatic rings. The molecule has 1 N–H and O–H groups in total. The number of fused-ring (bicyclic) bond motifs is 1. The van der Waals surface area contributed by atoms with Crippen LogP contribution in [0.4, 0.5) is 16.0 Å². The maximum atomic E-state index is 14.2. The highest BCUT2D eigenvalue weighted by molar-refractivity contribution is 7.13. The number of hydrogen-bond acceptors (Lipinski definition) is 12. The molecule has 0 saturated carbocycles. The highest BCUT2D eigenvalue weighted by Crippen LogP contribution is 2.37. The van der Waals surface area contributed by atoms with Crippen LogP contribution in [0.15, 0.2) is 90.6 Å². The number of aliphatic hydroxyl groups excluding tert-OH is 1. The van der Waals surface area contributed by atoms with E-state index in [1.165, 1.54) is 11.0 Å². The first-order chi connectivity index (χ1) is 33.7. The van der Waals surface area contributed by atoms with Crippen molar-refractivity contribution in [2.75, 3.05) is 49.1 Å². The second-order valence-electron chi connectivity index (χ2n) is 20.1. The standard InChI is InChI=1S/C54H62FN9O5S/c1-35-52(70-34-57-35)37-19-16-36(17-20-37)18-21-47(67)45-31-41(66)33-63(45)53(69)42(54(2,3)4)30-40(65)11-6-15-51(68)61-27-25-60(26-28-61)49-14-7-12-43(58-49)46-32-56-48-22-23-50(59-64(46)48)62-24-8-13-44(62)38-9-5-10-39(55)29-38/h5,7,9-10,12,14,16-17,19-20,22-23,29,32,34,41-42,44-45,66H,6,8,11,13,15,18,21,24-28,30-31,33H2,1-4H3/t41-,42-,44-,45+/m1/s1. The van der Waals surface area contributed by atoms with E-state index in [1.807, 2.05) is 103 Å². The lowest BCUT2D eigenvalue weighted by Gasteiger charge is -2.35. The van der Waals surface area contributed by atoms with Gasteiger partial charge >= 0.3 is 0 Å². The number of carbonyl (C=O) groups is 4. The molecule has 3 saturated heterocycles. The van der Waals surface area contributed by atoms with Crippen molar-refractivity contribution < 1.29 is 28.7 Å². The summed E-state index contributed by atoms with van der Waals surface area (Å²) in [5, 5.41) is 15.7. The zero-order valence-electron chi connectivity index (χ0n) is 40.5. The molecule has 9 rings (SSSR count). The van der Waals surface area contributed by atoms with Gasteiger partial charge in [0.2, 0.25) is 11.8 Å². The van der Waals surface area contributed by atoms with E-state index < -0.39 is 23.5 Å². The molecule has 0 unspecified atom stereocenters. The van der Waals surface area contributed by atoms with Crippen molar-refractivity contribution in [1.29, 1.82) is 0 Å². The van der Waals surface area contributed by atoms with Crippen LogP contribution in [0.25, 0.3) is 27.5 Å². The first-order valence-corrected chi connectivity index (χ1v) is 25.5. The first kappa shape index (κ1) is 48.6. The molecule has 0 aliphatic carbocycles. The second-order valence-corrected chi connectivity index (χ2v) is 21.0. The Bertz CT molecular complexity index is 2850. The number of benzene rings is 2. The van der Waals surface area contributed by atoms with E-state index in [0.717, 1.165) is 69.7 Å². The van der Waals surface area contributed by atoms with Crippen molar-refractivity contribution in [2.45, 2.75) is 104 Å². The predicted octanol–water partition coefficient (Wildman–Crippen LogP) is 8.31. The van der Waals surface area contributed by atoms with Gasteiger partial charge in [0, 0.05) is 77.3 Å². The fourth-order valence-corrected chi connectivity index (χ4v) is 11.1. The molecule has 14 nitrogen and oxygen atoms in total. The van der Waals surface area contributed by atoms with Gasteiger partial charge in [0.15, 0.2) is 11.4 Å². The number of imidazole rings is 1. The van der Waals surface area contributed by atoms with Crippen molar-refractivity contribution in [3.63, 3.8) is 0 Å². The number of aryl methyl sites for hydroxylation is 2. The molecule has 4 aromatic heterocycles. The molecule has 2 aromatic carbocycles. The molecule has 7 heterocycles. The zero-order valence-corrected chi connectivity index (χ0v) is 41.3. The van der Waals surface area contributed by atoms with Crippen LogP contribution < -0.4 is 9.80 Å². The zero-order chi connectivity index (χ0) is 49.1. The predicted molar refractivity (Wildman–Crippen MR) is 269 cm³/mol. The van der Waals surface area contributed by atoms with Gasteiger partial charge in [0.1, 0.15) is 28.9 Å². The number of likely N-dealkylation sites (tertiary alicyclic amines) is 1. The van der Waals surface area contributed by atoms with Gasteiger partial charge in [-0.25, -0.2) is 23.9 Å². The Balaban J connectivity index is 0.752. The van der Waals surface area contributed by atoms with Crippen LogP contribution in [-0.4, -0.2) is 114 Å². The van der Waals surface area contributed by atoms with Crippen LogP contribution in [0.5, 0.6) is 0 Å². The quantitative estimate of drug-likeness (QED) is 0.0995. The highest BCUT2D eigenvalue weighted by atomic mass is 32.1. The minimum Gasteiger partial charge on any atom is -0.391 e. The van der Waals surface area contributed by atoms with Crippen molar-refractivity contribution >= 4 is 52.0 Å². The number of halogens is 1. The summed E-state index contributed by atoms with van der Waals surface area (Å²) < 4.78 is 16.0. The number of aromatic nitrogens is 5. The van der Waals surface area contributed by atoms with E-state index in [-0.39, 0.29) is 73.9 Å². The number of thiazole rings is 1. The molecule has 4 atom stereocenters. The number of rotatable bonds is 16. The Kier molecular flexibility index (Phi) is 14.5. The van der Waals surface area contributed by atoms with Gasteiger partial charge in [-0.15, -0.1) is 16.4 Å². The summed E-state index contributed by atoms with van der Waals surface area (Å²) in [5.74, 6) is 0.159. The van der Waals surface area contributed by atoms with E-state index in [0.29, 0.717) is 44.7 Å². The number of nitrogens with zero attached hydrogens (tertiary/aromatic N) is 9. The number of hydrogen-bond donors (Lipinski definition) is 1. The maximum absolute atomic E-state index is 14.2. The number of Topliss-reactive ketones (excluding diaryl/α,β-unsaturated/α-hetero) is 2. The van der Waals surface area contributed by atoms with Gasteiger partial charge in [0.05, 0.1) is 46.2 Å². The summed E-state index contributed by atoms with van der Waals surface area (Å²) in [4.78, 5) is 77.7. The summed E-state index contributed by atoms with van der Waals surface area (Å²) in [5.41, 5.74) is 7.43. The van der Waals surface area contributed by atoms with Gasteiger partial charge in [-0.3, -0.25) is 19.2 Å². The summed E-state index contributed by atoms with van der Waals surface area (Å²) in [6, 6.07) is 24.0. The molecule has 0 spiro atoms. The Morgan fingerprint density at radius 3 is 2.41 bits per heavy atom. The Labute approximate surface area is 412 Å². The van der Waals surface area contributed by atoms with E-state index >= 15 is 0 Å². The molecule has 3 aliphatic rings. The van der Waals surface area contributed by atoms with E-state index in [1.54, 1.807) is 29.7 Å². The summed E-state index contributed by atoms with van der Waals surface area (Å²) in [6.07, 6.45) is 4.55. The molecule has 70 heavy (non-hydrogen) atoms. The fourth-order valence-electron chi connectivity index (χ4n) is 10.3. The summed E-state index contributed by atoms with van der Waals surface area (Å²) in [6.45, 7) is 10.9. The number of aliphatic hydroxyl groups is 1.